The van der Waals surface area contributed by atoms with E-state index in [1.54, 1.807) is 0 Å². The first-order chi connectivity index (χ1) is 13.2. The van der Waals surface area contributed by atoms with Crippen molar-refractivity contribution in [2.45, 2.75) is 64.5 Å². The van der Waals surface area contributed by atoms with Crippen molar-refractivity contribution in [2.75, 3.05) is 13.1 Å². The van der Waals surface area contributed by atoms with E-state index in [1.165, 1.54) is 12.8 Å². The molecule has 0 unspecified atom stereocenters. The van der Waals surface area contributed by atoms with Crippen molar-refractivity contribution in [2.24, 2.45) is 11.8 Å². The van der Waals surface area contributed by atoms with Crippen LogP contribution < -0.4 is 5.32 Å². The average molecular weight is 451 g/mol. The maximum absolute atomic E-state index is 12.6. The van der Waals surface area contributed by atoms with Crippen LogP contribution in [0.3, 0.4) is 0 Å². The molecule has 1 aliphatic heterocycles. The van der Waals surface area contributed by atoms with Crippen LogP contribution in [-0.2, 0) is 4.74 Å². The van der Waals surface area contributed by atoms with E-state index < -0.39 is 5.60 Å². The van der Waals surface area contributed by atoms with Crippen molar-refractivity contribution in [3.63, 3.8) is 0 Å². The largest absolute Gasteiger partial charge is 0.444 e. The molecule has 3 rings (SSSR count). The van der Waals surface area contributed by atoms with Gasteiger partial charge in [0.2, 0.25) is 0 Å². The van der Waals surface area contributed by atoms with Gasteiger partial charge >= 0.3 is 6.09 Å². The Morgan fingerprint density at radius 1 is 1.14 bits per heavy atom. The molecule has 2 aliphatic rings. The first-order valence-corrected chi connectivity index (χ1v) is 11.0. The van der Waals surface area contributed by atoms with Crippen LogP contribution in [-0.4, -0.2) is 41.6 Å². The lowest BCUT2D eigenvalue weighted by Crippen LogP contribution is -2.44. The minimum Gasteiger partial charge on any atom is -0.444 e. The molecule has 154 valence electrons. The first-order valence-electron chi connectivity index (χ1n) is 10.3. The Bertz CT molecular complexity index is 687. The lowest BCUT2D eigenvalue weighted by Gasteiger charge is -2.35. The Hall–Kier alpha value is -1.56. The minimum absolute atomic E-state index is 0.00981. The molecule has 0 radical (unpaired) electrons. The monoisotopic (exact) mass is 450 g/mol. The number of hydrogen-bond donors (Lipinski definition) is 1. The molecule has 0 aromatic heterocycles. The molecule has 28 heavy (non-hydrogen) atoms. The van der Waals surface area contributed by atoms with Gasteiger partial charge < -0.3 is 15.0 Å². The quantitative estimate of drug-likeness (QED) is 0.686. The number of rotatable bonds is 5. The van der Waals surface area contributed by atoms with Crippen LogP contribution in [0.15, 0.2) is 28.7 Å². The molecular weight excluding hydrogens is 420 g/mol. The highest BCUT2D eigenvalue weighted by molar-refractivity contribution is 9.10. The van der Waals surface area contributed by atoms with Crippen molar-refractivity contribution >= 4 is 27.9 Å². The number of carbonyl (C=O) groups excluding carboxylic acids is 2. The molecule has 0 spiro atoms. The minimum atomic E-state index is -0.456. The van der Waals surface area contributed by atoms with E-state index in [2.05, 4.69) is 21.2 Å². The van der Waals surface area contributed by atoms with Crippen LogP contribution in [0.1, 0.15) is 63.2 Å². The van der Waals surface area contributed by atoms with Crippen LogP contribution in [0.25, 0.3) is 0 Å². The van der Waals surface area contributed by atoms with Gasteiger partial charge in [-0.25, -0.2) is 4.79 Å². The molecule has 1 aliphatic carbocycles. The first kappa shape index (κ1) is 21.2. The zero-order valence-corrected chi connectivity index (χ0v) is 18.6. The second kappa shape index (κ2) is 8.85. The Kier molecular flexibility index (Phi) is 6.69. The van der Waals surface area contributed by atoms with E-state index >= 15 is 0 Å². The molecule has 2 fully saturated rings. The van der Waals surface area contributed by atoms with Crippen molar-refractivity contribution in [1.82, 2.24) is 10.2 Å². The summed E-state index contributed by atoms with van der Waals surface area (Å²) in [5, 5.41) is 3.27. The second-order valence-corrected chi connectivity index (χ2v) is 9.99. The summed E-state index contributed by atoms with van der Waals surface area (Å²) in [6.07, 6.45) is 5.11. The number of carbonyl (C=O) groups is 2. The smallest absolute Gasteiger partial charge is 0.410 e. The second-order valence-electron chi connectivity index (χ2n) is 9.07. The third-order valence-corrected chi connectivity index (χ3v) is 6.00. The number of benzene rings is 1. The highest BCUT2D eigenvalue weighted by atomic mass is 79.9. The predicted molar refractivity (Wildman–Crippen MR) is 113 cm³/mol. The fraction of sp³-hybridized carbons (Fsp3) is 0.636. The third-order valence-electron chi connectivity index (χ3n) is 5.47. The van der Waals surface area contributed by atoms with E-state index in [0.29, 0.717) is 17.4 Å². The van der Waals surface area contributed by atoms with Gasteiger partial charge in [-0.05, 0) is 89.0 Å². The van der Waals surface area contributed by atoms with E-state index in [9.17, 15) is 9.59 Å². The standard InChI is InChI=1S/C22H31BrN2O3/c1-22(2,3)28-21(27)25-12-10-15(11-13-25)14-19(16-4-5-16)24-20(26)17-6-8-18(23)9-7-17/h6-9,15-16,19H,4-5,10-14H2,1-3H3,(H,24,26)/t19-/m0/s1. The third kappa shape index (κ3) is 6.23. The van der Waals surface area contributed by atoms with Gasteiger partial charge in [0.05, 0.1) is 0 Å². The van der Waals surface area contributed by atoms with E-state index in [-0.39, 0.29) is 18.0 Å². The van der Waals surface area contributed by atoms with Crippen molar-refractivity contribution in [1.29, 1.82) is 0 Å². The summed E-state index contributed by atoms with van der Waals surface area (Å²) in [5.41, 5.74) is 0.246. The summed E-state index contributed by atoms with van der Waals surface area (Å²) in [6, 6.07) is 7.72. The van der Waals surface area contributed by atoms with Gasteiger partial charge in [0, 0.05) is 29.2 Å². The summed E-state index contributed by atoms with van der Waals surface area (Å²) in [5.74, 6) is 1.15. The van der Waals surface area contributed by atoms with E-state index in [0.717, 1.165) is 36.8 Å². The molecule has 1 atom stereocenters. The normalized spacial score (nSPS) is 19.2. The molecule has 6 heteroatoms. The zero-order valence-electron chi connectivity index (χ0n) is 17.0. The molecule has 2 amide bonds. The fourth-order valence-corrected chi connectivity index (χ4v) is 4.02. The van der Waals surface area contributed by atoms with Gasteiger partial charge in [0.1, 0.15) is 5.60 Å². The number of hydrogen-bond acceptors (Lipinski definition) is 3. The number of piperidine rings is 1. The Morgan fingerprint density at radius 2 is 1.75 bits per heavy atom. The number of nitrogens with one attached hydrogen (secondary N) is 1. The summed E-state index contributed by atoms with van der Waals surface area (Å²) < 4.78 is 6.45. The van der Waals surface area contributed by atoms with Gasteiger partial charge in [-0.2, -0.15) is 0 Å². The van der Waals surface area contributed by atoms with Gasteiger partial charge in [0.25, 0.3) is 5.91 Å². The lowest BCUT2D eigenvalue weighted by molar-refractivity contribution is 0.0177. The topological polar surface area (TPSA) is 58.6 Å². The highest BCUT2D eigenvalue weighted by Crippen LogP contribution is 2.37. The zero-order chi connectivity index (χ0) is 20.3. The maximum Gasteiger partial charge on any atom is 0.410 e. The average Bonchev–Trinajstić information content (AvgIpc) is 3.46. The van der Waals surface area contributed by atoms with Crippen LogP contribution in [0.2, 0.25) is 0 Å². The number of halogens is 1. The molecule has 1 saturated heterocycles. The van der Waals surface area contributed by atoms with Gasteiger partial charge in [-0.3, -0.25) is 4.79 Å². The Morgan fingerprint density at radius 3 is 2.29 bits per heavy atom. The van der Waals surface area contributed by atoms with E-state index in [4.69, 9.17) is 4.74 Å². The van der Waals surface area contributed by atoms with Crippen molar-refractivity contribution < 1.29 is 14.3 Å². The number of likely N-dealkylation sites (tertiary alicyclic amines) is 1. The summed E-state index contributed by atoms with van der Waals surface area (Å²) in [6.45, 7) is 7.15. The lowest BCUT2D eigenvalue weighted by atomic mass is 9.88. The highest BCUT2D eigenvalue weighted by Gasteiger charge is 2.35. The fourth-order valence-electron chi connectivity index (χ4n) is 3.76. The van der Waals surface area contributed by atoms with E-state index in [1.807, 2.05) is 49.9 Å². The molecule has 5 nitrogen and oxygen atoms in total. The van der Waals surface area contributed by atoms with Crippen molar-refractivity contribution in [3.8, 4) is 0 Å². The van der Waals surface area contributed by atoms with Gasteiger partial charge in [0.15, 0.2) is 0 Å². The Labute approximate surface area is 176 Å². The van der Waals surface area contributed by atoms with Gasteiger partial charge in [-0.1, -0.05) is 15.9 Å². The number of amides is 2. The van der Waals surface area contributed by atoms with Crippen LogP contribution in [0, 0.1) is 11.8 Å². The molecule has 1 N–H and O–H groups in total. The maximum atomic E-state index is 12.6. The van der Waals surface area contributed by atoms with Gasteiger partial charge in [-0.15, -0.1) is 0 Å². The summed E-state index contributed by atoms with van der Waals surface area (Å²) in [7, 11) is 0. The number of nitrogens with zero attached hydrogens (tertiary/aromatic N) is 1. The molecule has 1 aromatic carbocycles. The summed E-state index contributed by atoms with van der Waals surface area (Å²) >= 11 is 3.41. The van der Waals surface area contributed by atoms with Crippen LogP contribution in [0.5, 0.6) is 0 Å². The number of ether oxygens (including phenoxy) is 1. The SMILES string of the molecule is CC(C)(C)OC(=O)N1CCC(C[C@H](NC(=O)c2ccc(Br)cc2)C2CC2)CC1. The van der Waals surface area contributed by atoms with Crippen LogP contribution >= 0.6 is 15.9 Å². The molecule has 0 bridgehead atoms. The van der Waals surface area contributed by atoms with Crippen molar-refractivity contribution in [3.05, 3.63) is 34.3 Å². The van der Waals surface area contributed by atoms with Crippen LogP contribution in [0.4, 0.5) is 4.79 Å². The predicted octanol–water partition coefficient (Wildman–Crippen LogP) is 4.99. The molecule has 1 heterocycles. The Balaban J connectivity index is 1.50. The molecule has 1 saturated carbocycles. The molecular formula is C22H31BrN2O3. The summed E-state index contributed by atoms with van der Waals surface area (Å²) in [4.78, 5) is 26.7. The molecule has 1 aromatic rings.